The van der Waals surface area contributed by atoms with Crippen LogP contribution >= 0.6 is 0 Å². The van der Waals surface area contributed by atoms with Gasteiger partial charge in [-0.2, -0.15) is 9.29 Å². The molecule has 26 heavy (non-hydrogen) atoms. The number of carbonyl (C=O) groups is 1. The predicted octanol–water partition coefficient (Wildman–Crippen LogP) is 1.42. The van der Waals surface area contributed by atoms with Crippen LogP contribution in [-0.2, 0) is 14.8 Å². The number of nitrogens with zero attached hydrogens (tertiary/aromatic N) is 3. The van der Waals surface area contributed by atoms with Gasteiger partial charge in [0.05, 0.1) is 6.26 Å². The highest BCUT2D eigenvalue weighted by Gasteiger charge is 2.34. The molecule has 2 aromatic rings. The van der Waals surface area contributed by atoms with Gasteiger partial charge in [0.2, 0.25) is 27.6 Å². The van der Waals surface area contributed by atoms with E-state index in [9.17, 15) is 13.2 Å². The van der Waals surface area contributed by atoms with E-state index < -0.39 is 28.0 Å². The number of sulfonamides is 1. The van der Waals surface area contributed by atoms with Crippen LogP contribution in [-0.4, -0.2) is 47.6 Å². The predicted molar refractivity (Wildman–Crippen MR) is 95.5 cm³/mol. The maximum atomic E-state index is 12.5. The lowest BCUT2D eigenvalue weighted by Gasteiger charge is -2.22. The van der Waals surface area contributed by atoms with Gasteiger partial charge in [-0.15, -0.1) is 0 Å². The number of carbonyl (C=O) groups excluding carboxylic acids is 1. The summed E-state index contributed by atoms with van der Waals surface area (Å²) >= 11 is 0. The Morgan fingerprint density at radius 3 is 2.81 bits per heavy atom. The van der Waals surface area contributed by atoms with Gasteiger partial charge in [0.1, 0.15) is 12.1 Å². The molecule has 0 fully saturated rings. The summed E-state index contributed by atoms with van der Waals surface area (Å²) in [5.41, 5.74) is 1.86. The van der Waals surface area contributed by atoms with E-state index in [1.54, 1.807) is 19.1 Å². The molecule has 0 aliphatic carbocycles. The molecule has 1 aromatic heterocycles. The zero-order valence-electron chi connectivity index (χ0n) is 14.7. The number of hydrogen-bond donors (Lipinski definition) is 1. The van der Waals surface area contributed by atoms with Gasteiger partial charge in [-0.3, -0.25) is 4.79 Å². The second-order valence-corrected chi connectivity index (χ2v) is 8.14. The van der Waals surface area contributed by atoms with Crippen LogP contribution in [0.5, 0.6) is 0 Å². The molecule has 0 bridgehead atoms. The van der Waals surface area contributed by atoms with Crippen molar-refractivity contribution in [3.05, 3.63) is 47.9 Å². The summed E-state index contributed by atoms with van der Waals surface area (Å²) in [5.74, 6) is 0.259. The first kappa shape index (κ1) is 18.3. The molecule has 8 nitrogen and oxygen atoms in total. The number of amides is 1. The minimum Gasteiger partial charge on any atom is -0.343 e. The van der Waals surface area contributed by atoms with E-state index in [-0.39, 0.29) is 12.4 Å². The van der Waals surface area contributed by atoms with E-state index in [2.05, 4.69) is 15.5 Å². The van der Waals surface area contributed by atoms with Crippen molar-refractivity contribution in [2.75, 3.05) is 12.8 Å². The monoisotopic (exact) mass is 376 g/mol. The van der Waals surface area contributed by atoms with Crippen LogP contribution in [0.1, 0.15) is 24.4 Å². The molecule has 0 spiro atoms. The summed E-state index contributed by atoms with van der Waals surface area (Å²) in [6.45, 7) is 3.84. The standard InChI is InChI=1S/C17H20N4O4S/c1-11-7-4-5-8-13(11)15-19-17(25-20-15)12(2)18-16(22)14-9-6-10-21(14)26(3,23)24/h4-9,12,14H,10H2,1-3H3,(H,18,22)/t12-,14-/m1/s1. The van der Waals surface area contributed by atoms with Crippen molar-refractivity contribution in [3.63, 3.8) is 0 Å². The molecule has 3 rings (SSSR count). The minimum atomic E-state index is -3.48. The Kier molecular flexibility index (Phi) is 4.92. The third-order valence-electron chi connectivity index (χ3n) is 4.17. The summed E-state index contributed by atoms with van der Waals surface area (Å²) in [6.07, 6.45) is 4.30. The molecule has 9 heteroatoms. The van der Waals surface area contributed by atoms with Gasteiger partial charge < -0.3 is 9.84 Å². The van der Waals surface area contributed by atoms with Crippen molar-refractivity contribution in [2.24, 2.45) is 0 Å². The van der Waals surface area contributed by atoms with Crippen LogP contribution in [0.3, 0.4) is 0 Å². The number of benzene rings is 1. The van der Waals surface area contributed by atoms with Gasteiger partial charge in [-0.05, 0) is 19.4 Å². The van der Waals surface area contributed by atoms with E-state index in [1.807, 2.05) is 31.2 Å². The third kappa shape index (κ3) is 3.68. The first-order valence-electron chi connectivity index (χ1n) is 8.11. The van der Waals surface area contributed by atoms with Crippen LogP contribution in [0, 0.1) is 6.92 Å². The van der Waals surface area contributed by atoms with Gasteiger partial charge in [0, 0.05) is 12.1 Å². The Labute approximate surface area is 151 Å². The van der Waals surface area contributed by atoms with E-state index in [4.69, 9.17) is 4.52 Å². The summed E-state index contributed by atoms with van der Waals surface area (Å²) in [5, 5.41) is 6.70. The van der Waals surface area contributed by atoms with Crippen LogP contribution < -0.4 is 5.32 Å². The molecule has 1 amide bonds. The van der Waals surface area contributed by atoms with Crippen molar-refractivity contribution in [1.29, 1.82) is 0 Å². The van der Waals surface area contributed by atoms with E-state index in [1.165, 1.54) is 0 Å². The average molecular weight is 376 g/mol. The Morgan fingerprint density at radius 1 is 1.38 bits per heavy atom. The quantitative estimate of drug-likeness (QED) is 0.791. The zero-order valence-corrected chi connectivity index (χ0v) is 15.5. The molecular weight excluding hydrogens is 356 g/mol. The number of hydrogen-bond acceptors (Lipinski definition) is 6. The molecule has 0 saturated heterocycles. The summed E-state index contributed by atoms with van der Waals surface area (Å²) in [4.78, 5) is 16.8. The Bertz CT molecular complexity index is 951. The normalized spacial score (nSPS) is 18.8. The van der Waals surface area contributed by atoms with Crippen molar-refractivity contribution < 1.29 is 17.7 Å². The smallest absolute Gasteiger partial charge is 0.249 e. The van der Waals surface area contributed by atoms with E-state index in [0.29, 0.717) is 5.82 Å². The molecule has 138 valence electrons. The lowest BCUT2D eigenvalue weighted by molar-refractivity contribution is -0.124. The van der Waals surface area contributed by atoms with Gasteiger partial charge in [0.25, 0.3) is 0 Å². The van der Waals surface area contributed by atoms with Gasteiger partial charge in [0.15, 0.2) is 0 Å². The second-order valence-electron chi connectivity index (χ2n) is 6.21. The number of aryl methyl sites for hydroxylation is 1. The molecule has 1 aromatic carbocycles. The number of aromatic nitrogens is 2. The Balaban J connectivity index is 1.73. The third-order valence-corrected chi connectivity index (χ3v) is 5.39. The van der Waals surface area contributed by atoms with Crippen LogP contribution in [0.25, 0.3) is 11.4 Å². The molecule has 1 N–H and O–H groups in total. The molecule has 1 aliphatic rings. The number of nitrogens with one attached hydrogen (secondary N) is 1. The molecule has 2 atom stereocenters. The van der Waals surface area contributed by atoms with Crippen molar-refractivity contribution in [1.82, 2.24) is 19.8 Å². The first-order chi connectivity index (χ1) is 12.3. The topological polar surface area (TPSA) is 105 Å². The first-order valence-corrected chi connectivity index (χ1v) is 9.95. The molecule has 1 aliphatic heterocycles. The zero-order chi connectivity index (χ0) is 18.9. The van der Waals surface area contributed by atoms with Crippen LogP contribution in [0.2, 0.25) is 0 Å². The summed E-state index contributed by atoms with van der Waals surface area (Å²) in [6, 6.07) is 6.22. The Morgan fingerprint density at radius 2 is 2.12 bits per heavy atom. The fourth-order valence-electron chi connectivity index (χ4n) is 2.77. The van der Waals surface area contributed by atoms with Crippen molar-refractivity contribution in [2.45, 2.75) is 25.9 Å². The number of rotatable bonds is 5. The molecule has 2 heterocycles. The average Bonchev–Trinajstić information content (AvgIpc) is 3.24. The summed E-state index contributed by atoms with van der Waals surface area (Å²) < 4.78 is 29.9. The molecule has 0 unspecified atom stereocenters. The molecule has 0 radical (unpaired) electrons. The molecule has 0 saturated carbocycles. The van der Waals surface area contributed by atoms with Gasteiger partial charge in [-0.25, -0.2) is 8.42 Å². The highest BCUT2D eigenvalue weighted by atomic mass is 32.2. The van der Waals surface area contributed by atoms with Crippen molar-refractivity contribution in [3.8, 4) is 11.4 Å². The highest BCUT2D eigenvalue weighted by Crippen LogP contribution is 2.22. The van der Waals surface area contributed by atoms with Crippen molar-refractivity contribution >= 4 is 15.9 Å². The SMILES string of the molecule is Cc1ccccc1-c1noc([C@@H](C)NC(=O)[C@H]2C=CCN2S(C)(=O)=O)n1. The molecular formula is C17H20N4O4S. The maximum Gasteiger partial charge on any atom is 0.249 e. The second kappa shape index (κ2) is 7.00. The lowest BCUT2D eigenvalue weighted by atomic mass is 10.1. The van der Waals surface area contributed by atoms with Crippen LogP contribution in [0.4, 0.5) is 0 Å². The summed E-state index contributed by atoms with van der Waals surface area (Å²) in [7, 11) is -3.48. The van der Waals surface area contributed by atoms with E-state index in [0.717, 1.165) is 21.7 Å². The fourth-order valence-corrected chi connectivity index (χ4v) is 3.70. The van der Waals surface area contributed by atoms with Gasteiger partial charge >= 0.3 is 0 Å². The van der Waals surface area contributed by atoms with Gasteiger partial charge in [-0.1, -0.05) is 41.6 Å². The fraction of sp³-hybridized carbons (Fsp3) is 0.353. The largest absolute Gasteiger partial charge is 0.343 e. The Hall–Kier alpha value is -2.52. The van der Waals surface area contributed by atoms with Crippen LogP contribution in [0.15, 0.2) is 40.9 Å². The minimum absolute atomic E-state index is 0.184. The lowest BCUT2D eigenvalue weighted by Crippen LogP contribution is -2.46. The highest BCUT2D eigenvalue weighted by molar-refractivity contribution is 7.88. The maximum absolute atomic E-state index is 12.5. The van der Waals surface area contributed by atoms with E-state index >= 15 is 0 Å².